The molecule has 0 bridgehead atoms. The first-order valence-corrected chi connectivity index (χ1v) is 12.9. The van der Waals surface area contributed by atoms with Crippen molar-refractivity contribution in [3.63, 3.8) is 0 Å². The van der Waals surface area contributed by atoms with Crippen LogP contribution in [0.1, 0.15) is 30.0 Å². The summed E-state index contributed by atoms with van der Waals surface area (Å²) in [4.78, 5) is 17.0. The van der Waals surface area contributed by atoms with Gasteiger partial charge in [-0.1, -0.05) is 36.4 Å². The molecule has 202 valence electrons. The molecule has 0 aliphatic carbocycles. The summed E-state index contributed by atoms with van der Waals surface area (Å²) >= 11 is 0. The summed E-state index contributed by atoms with van der Waals surface area (Å²) in [6.45, 7) is 4.02. The Bertz CT molecular complexity index is 1590. The number of hydrogen-bond donors (Lipinski definition) is 1. The van der Waals surface area contributed by atoms with Crippen molar-refractivity contribution >= 4 is 34.8 Å². The fourth-order valence-electron chi connectivity index (χ4n) is 4.65. The highest BCUT2D eigenvalue weighted by molar-refractivity contribution is 6.03. The number of ether oxygens (including phenoxy) is 1. The Balaban J connectivity index is 1.44. The van der Waals surface area contributed by atoms with E-state index in [-0.39, 0.29) is 11.6 Å². The van der Waals surface area contributed by atoms with E-state index in [1.807, 2.05) is 43.3 Å². The maximum atomic E-state index is 13.7. The summed E-state index contributed by atoms with van der Waals surface area (Å²) in [6.07, 6.45) is 5.86. The van der Waals surface area contributed by atoms with Crippen LogP contribution in [0.4, 0.5) is 27.1 Å². The van der Waals surface area contributed by atoms with E-state index in [1.54, 1.807) is 29.2 Å². The number of guanidine groups is 1. The average molecular weight is 537 g/mol. The van der Waals surface area contributed by atoms with Gasteiger partial charge in [0.05, 0.1) is 10.6 Å². The van der Waals surface area contributed by atoms with Gasteiger partial charge in [-0.15, -0.1) is 0 Å². The van der Waals surface area contributed by atoms with E-state index in [0.717, 1.165) is 29.7 Å². The lowest BCUT2D eigenvalue weighted by molar-refractivity contribution is -0.384. The van der Waals surface area contributed by atoms with Gasteiger partial charge < -0.3 is 10.5 Å². The Hall–Kier alpha value is -4.98. The van der Waals surface area contributed by atoms with Gasteiger partial charge >= 0.3 is 0 Å². The molecule has 1 aliphatic heterocycles. The lowest BCUT2D eigenvalue weighted by Crippen LogP contribution is -2.33. The van der Waals surface area contributed by atoms with Gasteiger partial charge in [0.25, 0.3) is 5.69 Å². The minimum atomic E-state index is -0.470. The summed E-state index contributed by atoms with van der Waals surface area (Å²) in [5, 5.41) is 11.1. The van der Waals surface area contributed by atoms with Gasteiger partial charge in [0.2, 0.25) is 5.96 Å². The molecule has 8 heteroatoms. The van der Waals surface area contributed by atoms with Gasteiger partial charge in [-0.2, -0.15) is 0 Å². The molecule has 5 rings (SSSR count). The topological polar surface area (TPSA) is 94.0 Å². The normalized spacial score (nSPS) is 16.2. The van der Waals surface area contributed by atoms with Crippen LogP contribution in [0.3, 0.4) is 0 Å². The summed E-state index contributed by atoms with van der Waals surface area (Å²) in [7, 11) is 0. The smallest absolute Gasteiger partial charge is 0.269 e. The maximum Gasteiger partial charge on any atom is 0.269 e. The van der Waals surface area contributed by atoms with Crippen LogP contribution in [0.15, 0.2) is 102 Å². The van der Waals surface area contributed by atoms with Gasteiger partial charge in [0.15, 0.2) is 0 Å². The molecule has 1 heterocycles. The first-order chi connectivity index (χ1) is 19.2. The number of nitro benzene ring substituents is 1. The Labute approximate surface area is 232 Å². The van der Waals surface area contributed by atoms with E-state index in [1.165, 1.54) is 29.8 Å². The number of fused-ring (bicyclic) bond motifs is 1. The van der Waals surface area contributed by atoms with Crippen molar-refractivity contribution in [3.05, 3.63) is 130 Å². The number of aliphatic imine (C=N–C) groups is 1. The number of anilines is 2. The van der Waals surface area contributed by atoms with Gasteiger partial charge in [-0.25, -0.2) is 9.38 Å². The monoisotopic (exact) mass is 536 g/mol. The van der Waals surface area contributed by atoms with Gasteiger partial charge in [0.1, 0.15) is 17.2 Å². The van der Waals surface area contributed by atoms with E-state index >= 15 is 0 Å². The summed E-state index contributed by atoms with van der Waals surface area (Å²) in [5.41, 5.74) is 10.8. The average Bonchev–Trinajstić information content (AvgIpc) is 2.95. The van der Waals surface area contributed by atoms with Crippen molar-refractivity contribution in [2.45, 2.75) is 32.3 Å². The number of rotatable bonds is 7. The lowest BCUT2D eigenvalue weighted by Gasteiger charge is -2.32. The van der Waals surface area contributed by atoms with Crippen LogP contribution in [0.25, 0.3) is 6.08 Å². The molecule has 7 nitrogen and oxygen atoms in total. The molecule has 0 saturated heterocycles. The fourth-order valence-corrected chi connectivity index (χ4v) is 4.65. The van der Waals surface area contributed by atoms with E-state index in [0.29, 0.717) is 17.1 Å². The Morgan fingerprint density at radius 1 is 1.02 bits per heavy atom. The second kappa shape index (κ2) is 11.0. The summed E-state index contributed by atoms with van der Waals surface area (Å²) in [6, 6.07) is 25.9. The molecule has 0 spiro atoms. The number of non-ortho nitro benzene ring substituents is 1. The van der Waals surface area contributed by atoms with Crippen LogP contribution in [0.5, 0.6) is 5.75 Å². The van der Waals surface area contributed by atoms with Crippen molar-refractivity contribution in [1.82, 2.24) is 0 Å². The predicted octanol–water partition coefficient (Wildman–Crippen LogP) is 7.62. The molecule has 1 atom stereocenters. The largest absolute Gasteiger partial charge is 0.483 e. The van der Waals surface area contributed by atoms with E-state index in [2.05, 4.69) is 25.1 Å². The zero-order valence-corrected chi connectivity index (χ0v) is 22.3. The second-order valence-electron chi connectivity index (χ2n) is 9.97. The zero-order valence-electron chi connectivity index (χ0n) is 22.3. The van der Waals surface area contributed by atoms with Gasteiger partial charge in [-0.05, 0) is 92.4 Å². The summed E-state index contributed by atoms with van der Waals surface area (Å²) < 4.78 is 20.1. The highest BCUT2D eigenvalue weighted by Gasteiger charge is 2.28. The van der Waals surface area contributed by atoms with Crippen molar-refractivity contribution in [3.8, 4) is 5.75 Å². The van der Waals surface area contributed by atoms with E-state index < -0.39 is 16.3 Å². The number of nitrogens with two attached hydrogens (primary N) is 1. The van der Waals surface area contributed by atoms with Crippen LogP contribution in [-0.2, 0) is 6.42 Å². The molecule has 2 N–H and O–H groups in total. The number of nitrogens with zero attached hydrogens (tertiary/aromatic N) is 3. The van der Waals surface area contributed by atoms with Crippen molar-refractivity contribution < 1.29 is 14.1 Å². The predicted molar refractivity (Wildman–Crippen MR) is 157 cm³/mol. The molecule has 0 fully saturated rings. The standard InChI is InChI=1S/C32H29FN4O3/c1-22-20-30-24(17-19-32(2,40-30)18-16-23-6-4-3-5-7-23)21-29(22)35-31(34)36(26-10-8-25(33)9-11-26)27-12-14-28(15-13-27)37(38)39/h3-15,17,19-21H,16,18H2,1-2H3,(H2,34,35). The van der Waals surface area contributed by atoms with Crippen molar-refractivity contribution in [2.75, 3.05) is 4.90 Å². The molecule has 0 radical (unpaired) electrons. The third kappa shape index (κ3) is 5.86. The third-order valence-corrected chi connectivity index (χ3v) is 6.91. The molecule has 0 aromatic heterocycles. The SMILES string of the molecule is Cc1cc2c(cc1N=C(N)N(c1ccc(F)cc1)c1ccc([N+](=O)[O-])cc1)C=CC(C)(CCc1ccccc1)O2. The first-order valence-electron chi connectivity index (χ1n) is 12.9. The molecular weight excluding hydrogens is 507 g/mol. The van der Waals surface area contributed by atoms with Gasteiger partial charge in [0, 0.05) is 29.1 Å². The quantitative estimate of drug-likeness (QED) is 0.113. The van der Waals surface area contributed by atoms with Crippen LogP contribution in [-0.4, -0.2) is 16.5 Å². The number of benzene rings is 4. The van der Waals surface area contributed by atoms with Crippen LogP contribution in [0, 0.1) is 22.9 Å². The fraction of sp³-hybridized carbons (Fsp3) is 0.156. The third-order valence-electron chi connectivity index (χ3n) is 6.91. The van der Waals surface area contributed by atoms with Crippen LogP contribution < -0.4 is 15.4 Å². The molecule has 0 saturated carbocycles. The Morgan fingerprint density at radius 2 is 1.68 bits per heavy atom. The molecule has 4 aromatic rings. The molecule has 1 unspecified atom stereocenters. The molecule has 0 amide bonds. The van der Waals surface area contributed by atoms with Crippen molar-refractivity contribution in [1.29, 1.82) is 0 Å². The maximum absolute atomic E-state index is 13.7. The Kier molecular flexibility index (Phi) is 7.33. The van der Waals surface area contributed by atoms with Gasteiger partial charge in [-0.3, -0.25) is 15.0 Å². The minimum absolute atomic E-state index is 0.0496. The van der Waals surface area contributed by atoms with E-state index in [9.17, 15) is 14.5 Å². The molecule has 1 aliphatic rings. The zero-order chi connectivity index (χ0) is 28.3. The van der Waals surface area contributed by atoms with E-state index in [4.69, 9.17) is 15.5 Å². The second-order valence-corrected chi connectivity index (χ2v) is 9.97. The van der Waals surface area contributed by atoms with Crippen LogP contribution in [0.2, 0.25) is 0 Å². The molecule has 4 aromatic carbocycles. The highest BCUT2D eigenvalue weighted by Crippen LogP contribution is 2.38. The lowest BCUT2D eigenvalue weighted by atomic mass is 9.92. The molecule has 40 heavy (non-hydrogen) atoms. The van der Waals surface area contributed by atoms with Crippen LogP contribution >= 0.6 is 0 Å². The summed E-state index contributed by atoms with van der Waals surface area (Å²) in [5.74, 6) is 0.506. The number of aryl methyl sites for hydroxylation is 2. The number of halogens is 1. The van der Waals surface area contributed by atoms with Crippen molar-refractivity contribution in [2.24, 2.45) is 10.7 Å². The minimum Gasteiger partial charge on any atom is -0.483 e. The Morgan fingerprint density at radius 3 is 2.33 bits per heavy atom. The number of hydrogen-bond acceptors (Lipinski definition) is 4. The number of nitro groups is 1. The first kappa shape index (κ1) is 26.6. The molecular formula is C32H29FN4O3. The highest BCUT2D eigenvalue weighted by atomic mass is 19.1.